The number of aliphatic hydroxyl groups is 1. The Balaban J connectivity index is 2.01. The fraction of sp³-hybridized carbons (Fsp3) is 0.545. The van der Waals surface area contributed by atoms with Crippen LogP contribution in [-0.4, -0.2) is 39.8 Å². The highest BCUT2D eigenvalue weighted by molar-refractivity contribution is 7.80. The van der Waals surface area contributed by atoms with Crippen molar-refractivity contribution in [2.24, 2.45) is 11.7 Å². The molecule has 6 heteroatoms. The van der Waals surface area contributed by atoms with E-state index in [9.17, 15) is 0 Å². The molecule has 1 unspecified atom stereocenters. The van der Waals surface area contributed by atoms with Crippen molar-refractivity contribution < 1.29 is 5.11 Å². The van der Waals surface area contributed by atoms with E-state index in [0.29, 0.717) is 11.6 Å². The molecular weight excluding hydrogens is 236 g/mol. The second-order valence-electron chi connectivity index (χ2n) is 4.24. The van der Waals surface area contributed by atoms with Crippen molar-refractivity contribution in [2.75, 3.05) is 24.6 Å². The SMILES string of the molecule is NC(=S)c1cnc(N2CCC(CCO)C2)cn1. The van der Waals surface area contributed by atoms with Crippen LogP contribution in [0.2, 0.25) is 0 Å². The number of nitrogens with two attached hydrogens (primary N) is 1. The minimum absolute atomic E-state index is 0.255. The van der Waals surface area contributed by atoms with Gasteiger partial charge in [-0.15, -0.1) is 0 Å². The molecule has 0 saturated carbocycles. The molecule has 92 valence electrons. The van der Waals surface area contributed by atoms with E-state index in [1.165, 1.54) is 0 Å². The Hall–Kier alpha value is -1.27. The van der Waals surface area contributed by atoms with Crippen LogP contribution >= 0.6 is 12.2 Å². The average molecular weight is 252 g/mol. The molecule has 1 aromatic heterocycles. The van der Waals surface area contributed by atoms with Crippen LogP contribution in [0.1, 0.15) is 18.5 Å². The molecule has 0 spiro atoms. The molecule has 1 fully saturated rings. The lowest BCUT2D eigenvalue weighted by molar-refractivity contribution is 0.263. The maximum Gasteiger partial charge on any atom is 0.147 e. The smallest absolute Gasteiger partial charge is 0.147 e. The van der Waals surface area contributed by atoms with Gasteiger partial charge in [0.05, 0.1) is 12.4 Å². The van der Waals surface area contributed by atoms with Gasteiger partial charge in [-0.05, 0) is 18.8 Å². The highest BCUT2D eigenvalue weighted by Gasteiger charge is 2.23. The van der Waals surface area contributed by atoms with E-state index in [1.54, 1.807) is 12.4 Å². The molecule has 0 aliphatic carbocycles. The lowest BCUT2D eigenvalue weighted by atomic mass is 10.1. The predicted octanol–water partition coefficient (Wildman–Crippen LogP) is 0.319. The summed E-state index contributed by atoms with van der Waals surface area (Å²) in [6, 6.07) is 0. The topological polar surface area (TPSA) is 75.3 Å². The molecule has 0 amide bonds. The highest BCUT2D eigenvalue weighted by Crippen LogP contribution is 2.23. The predicted molar refractivity (Wildman–Crippen MR) is 69.9 cm³/mol. The van der Waals surface area contributed by atoms with Crippen molar-refractivity contribution in [1.82, 2.24) is 9.97 Å². The van der Waals surface area contributed by atoms with Crippen LogP contribution in [0.4, 0.5) is 5.82 Å². The first-order valence-electron chi connectivity index (χ1n) is 5.68. The lowest BCUT2D eigenvalue weighted by Gasteiger charge is -2.16. The first-order valence-corrected chi connectivity index (χ1v) is 6.09. The second-order valence-corrected chi connectivity index (χ2v) is 4.68. The van der Waals surface area contributed by atoms with Gasteiger partial charge in [0, 0.05) is 19.7 Å². The summed E-state index contributed by atoms with van der Waals surface area (Å²) in [7, 11) is 0. The summed E-state index contributed by atoms with van der Waals surface area (Å²) in [4.78, 5) is 10.9. The van der Waals surface area contributed by atoms with E-state index in [4.69, 9.17) is 23.1 Å². The van der Waals surface area contributed by atoms with Crippen molar-refractivity contribution in [1.29, 1.82) is 0 Å². The Morgan fingerprint density at radius 2 is 2.35 bits per heavy atom. The van der Waals surface area contributed by atoms with Crippen molar-refractivity contribution in [2.45, 2.75) is 12.8 Å². The van der Waals surface area contributed by atoms with Crippen LogP contribution in [0.15, 0.2) is 12.4 Å². The molecule has 1 aliphatic rings. The fourth-order valence-electron chi connectivity index (χ4n) is 2.07. The third-order valence-corrected chi connectivity index (χ3v) is 3.25. The van der Waals surface area contributed by atoms with Crippen LogP contribution in [0.5, 0.6) is 0 Å². The molecule has 1 aliphatic heterocycles. The van der Waals surface area contributed by atoms with Gasteiger partial charge in [-0.1, -0.05) is 12.2 Å². The van der Waals surface area contributed by atoms with Gasteiger partial charge in [-0.25, -0.2) is 9.97 Å². The maximum atomic E-state index is 8.91. The van der Waals surface area contributed by atoms with E-state index in [2.05, 4.69) is 14.9 Å². The van der Waals surface area contributed by atoms with Crippen LogP contribution < -0.4 is 10.6 Å². The monoisotopic (exact) mass is 252 g/mol. The molecule has 0 radical (unpaired) electrons. The molecular formula is C11H16N4OS. The van der Waals surface area contributed by atoms with Gasteiger partial charge in [0.15, 0.2) is 0 Å². The molecule has 1 saturated heterocycles. The van der Waals surface area contributed by atoms with Gasteiger partial charge in [-0.2, -0.15) is 0 Å². The standard InChI is InChI=1S/C11H16N4OS/c12-11(17)9-5-14-10(6-13-9)15-3-1-8(7-15)2-4-16/h5-6,8,16H,1-4,7H2,(H2,12,17). The number of aliphatic hydroxyl groups excluding tert-OH is 1. The largest absolute Gasteiger partial charge is 0.396 e. The summed E-state index contributed by atoms with van der Waals surface area (Å²) in [5, 5.41) is 8.91. The number of rotatable bonds is 4. The van der Waals surface area contributed by atoms with Gasteiger partial charge in [-0.3, -0.25) is 0 Å². The molecule has 5 nitrogen and oxygen atoms in total. The molecule has 1 atom stereocenters. The van der Waals surface area contributed by atoms with Crippen molar-refractivity contribution >= 4 is 23.0 Å². The molecule has 3 N–H and O–H groups in total. The number of anilines is 1. The zero-order valence-electron chi connectivity index (χ0n) is 9.54. The van der Waals surface area contributed by atoms with Gasteiger partial charge < -0.3 is 15.7 Å². The Morgan fingerprint density at radius 1 is 1.53 bits per heavy atom. The second kappa shape index (κ2) is 5.37. The minimum Gasteiger partial charge on any atom is -0.396 e. The van der Waals surface area contributed by atoms with E-state index in [0.717, 1.165) is 31.7 Å². The van der Waals surface area contributed by atoms with E-state index >= 15 is 0 Å². The van der Waals surface area contributed by atoms with Gasteiger partial charge in [0.2, 0.25) is 0 Å². The third kappa shape index (κ3) is 2.89. The lowest BCUT2D eigenvalue weighted by Crippen LogP contribution is -2.22. The third-order valence-electron chi connectivity index (χ3n) is 3.04. The number of aromatic nitrogens is 2. The average Bonchev–Trinajstić information content (AvgIpc) is 2.78. The zero-order valence-corrected chi connectivity index (χ0v) is 10.4. The van der Waals surface area contributed by atoms with E-state index in [-0.39, 0.29) is 11.6 Å². The molecule has 2 heterocycles. The van der Waals surface area contributed by atoms with Gasteiger partial charge in [0.1, 0.15) is 16.5 Å². The zero-order chi connectivity index (χ0) is 12.3. The van der Waals surface area contributed by atoms with E-state index in [1.807, 2.05) is 0 Å². The summed E-state index contributed by atoms with van der Waals surface area (Å²) >= 11 is 4.83. The van der Waals surface area contributed by atoms with Crippen LogP contribution in [0, 0.1) is 5.92 Å². The first-order chi connectivity index (χ1) is 8.20. The summed E-state index contributed by atoms with van der Waals surface area (Å²) in [5.74, 6) is 1.41. The van der Waals surface area contributed by atoms with Crippen molar-refractivity contribution in [3.63, 3.8) is 0 Å². The number of hydrogen-bond donors (Lipinski definition) is 2. The van der Waals surface area contributed by atoms with E-state index < -0.39 is 0 Å². The van der Waals surface area contributed by atoms with Crippen LogP contribution in [0.3, 0.4) is 0 Å². The Bertz CT molecular complexity index is 395. The molecule has 0 aromatic carbocycles. The summed E-state index contributed by atoms with van der Waals surface area (Å²) in [6.07, 6.45) is 5.26. The number of thiocarbonyl (C=S) groups is 1. The number of hydrogen-bond acceptors (Lipinski definition) is 5. The minimum atomic E-state index is 0.255. The van der Waals surface area contributed by atoms with Crippen molar-refractivity contribution in [3.8, 4) is 0 Å². The van der Waals surface area contributed by atoms with Gasteiger partial charge >= 0.3 is 0 Å². The summed E-state index contributed by atoms with van der Waals surface area (Å²) < 4.78 is 0. The molecule has 17 heavy (non-hydrogen) atoms. The maximum absolute atomic E-state index is 8.91. The molecule has 2 rings (SSSR count). The molecule has 0 bridgehead atoms. The Kier molecular flexibility index (Phi) is 3.86. The highest BCUT2D eigenvalue weighted by atomic mass is 32.1. The normalized spacial score (nSPS) is 19.6. The summed E-state index contributed by atoms with van der Waals surface area (Å²) in [6.45, 7) is 2.15. The van der Waals surface area contributed by atoms with Crippen LogP contribution in [0.25, 0.3) is 0 Å². The summed E-state index contributed by atoms with van der Waals surface area (Å²) in [5.41, 5.74) is 6.02. The van der Waals surface area contributed by atoms with Gasteiger partial charge in [0.25, 0.3) is 0 Å². The van der Waals surface area contributed by atoms with Crippen molar-refractivity contribution in [3.05, 3.63) is 18.1 Å². The van der Waals surface area contributed by atoms with Crippen LogP contribution in [-0.2, 0) is 0 Å². The number of nitrogens with zero attached hydrogens (tertiary/aromatic N) is 3. The quantitative estimate of drug-likeness (QED) is 0.752. The molecule has 1 aromatic rings. The Morgan fingerprint density at radius 3 is 2.94 bits per heavy atom. The first kappa shape index (κ1) is 12.2. The Labute approximate surface area is 106 Å². The fourth-order valence-corrected chi connectivity index (χ4v) is 2.18.